The number of hydrogen-bond donors (Lipinski definition) is 2. The first-order valence-corrected chi connectivity index (χ1v) is 9.71. The van der Waals surface area contributed by atoms with E-state index in [9.17, 15) is 9.59 Å². The monoisotopic (exact) mass is 409 g/mol. The largest absolute Gasteiger partial charge is 0.489 e. The van der Waals surface area contributed by atoms with Gasteiger partial charge in [0.05, 0.1) is 16.0 Å². The molecule has 1 aromatic heterocycles. The Morgan fingerprint density at radius 3 is 2.56 bits per heavy atom. The number of carbonyl (C=O) groups is 1. The second kappa shape index (κ2) is 5.84. The van der Waals surface area contributed by atoms with Crippen molar-refractivity contribution in [3.05, 3.63) is 27.1 Å². The Morgan fingerprint density at radius 1 is 1.32 bits per heavy atom. The van der Waals surface area contributed by atoms with Crippen molar-refractivity contribution in [1.29, 1.82) is 0 Å². The average Bonchev–Trinajstić information content (AvgIpc) is 2.50. The number of hydrogen-bond acceptors (Lipinski definition) is 4. The molecule has 6 nitrogen and oxygen atoms in total. The first kappa shape index (κ1) is 17.1. The summed E-state index contributed by atoms with van der Waals surface area (Å²) in [5.41, 5.74) is 5.76. The van der Waals surface area contributed by atoms with E-state index in [1.807, 2.05) is 0 Å². The number of nitrogens with two attached hydrogens (primary N) is 1. The van der Waals surface area contributed by atoms with E-state index in [4.69, 9.17) is 10.5 Å². The molecule has 4 saturated carbocycles. The van der Waals surface area contributed by atoms with E-state index in [1.54, 1.807) is 13.2 Å². The zero-order chi connectivity index (χ0) is 17.8. The number of rotatable bonds is 4. The summed E-state index contributed by atoms with van der Waals surface area (Å²) in [7, 11) is 1.71. The van der Waals surface area contributed by atoms with Crippen LogP contribution in [0.1, 0.15) is 44.9 Å². The molecule has 1 aromatic rings. The summed E-state index contributed by atoms with van der Waals surface area (Å²) in [5, 5.41) is 3.22. The van der Waals surface area contributed by atoms with Gasteiger partial charge >= 0.3 is 0 Å². The van der Waals surface area contributed by atoms with Gasteiger partial charge in [0.15, 0.2) is 0 Å². The molecule has 4 aliphatic carbocycles. The van der Waals surface area contributed by atoms with Crippen LogP contribution in [0, 0.1) is 5.41 Å². The highest BCUT2D eigenvalue weighted by Gasteiger charge is 2.69. The van der Waals surface area contributed by atoms with Crippen LogP contribution in [0.4, 0.5) is 0 Å². The fraction of sp³-hybridized carbons (Fsp3) is 0.667. The maximum atomic E-state index is 12.4. The SMILES string of the molecule is Cn1cc(Br)c(OC2CCC(NC(=O)C34CC(N)(C3)C4)CC2)cc1=O. The van der Waals surface area contributed by atoms with Gasteiger partial charge in [-0.1, -0.05) is 0 Å². The molecule has 0 spiro atoms. The molecule has 4 aliphatic rings. The molecule has 3 N–H and O–H groups in total. The number of pyridine rings is 1. The summed E-state index contributed by atoms with van der Waals surface area (Å²) >= 11 is 3.45. The zero-order valence-electron chi connectivity index (χ0n) is 14.4. The van der Waals surface area contributed by atoms with E-state index < -0.39 is 0 Å². The van der Waals surface area contributed by atoms with Crippen molar-refractivity contribution in [2.45, 2.75) is 62.6 Å². The van der Waals surface area contributed by atoms with Gasteiger partial charge in [0.2, 0.25) is 5.91 Å². The minimum Gasteiger partial charge on any atom is -0.489 e. The Kier molecular flexibility index (Phi) is 3.99. The van der Waals surface area contributed by atoms with Gasteiger partial charge in [-0.15, -0.1) is 0 Å². The standard InChI is InChI=1S/C18H24BrN3O3/c1-22-7-13(19)14(6-15(22)23)25-12-4-2-11(3-5-12)21-16(24)17-8-18(20,9-17)10-17/h6-7,11-12H,2-5,8-10,20H2,1H3,(H,21,24). The molecular weight excluding hydrogens is 386 g/mol. The highest BCUT2D eigenvalue weighted by Crippen LogP contribution is 2.65. The quantitative estimate of drug-likeness (QED) is 0.793. The summed E-state index contributed by atoms with van der Waals surface area (Å²) in [6.45, 7) is 0. The van der Waals surface area contributed by atoms with Gasteiger partial charge in [0.1, 0.15) is 5.75 Å². The molecule has 25 heavy (non-hydrogen) atoms. The van der Waals surface area contributed by atoms with Gasteiger partial charge in [-0.25, -0.2) is 0 Å². The molecule has 7 heteroatoms. The normalized spacial score (nSPS) is 36.1. The van der Waals surface area contributed by atoms with Gasteiger partial charge in [-0.2, -0.15) is 0 Å². The predicted molar refractivity (Wildman–Crippen MR) is 97.4 cm³/mol. The lowest BCUT2D eigenvalue weighted by atomic mass is 9.39. The molecule has 0 unspecified atom stereocenters. The summed E-state index contributed by atoms with van der Waals surface area (Å²) in [4.78, 5) is 24.2. The molecule has 0 saturated heterocycles. The lowest BCUT2D eigenvalue weighted by Crippen LogP contribution is -2.76. The third-order valence-corrected chi connectivity index (χ3v) is 6.60. The number of aromatic nitrogens is 1. The van der Waals surface area contributed by atoms with E-state index in [1.165, 1.54) is 10.6 Å². The Balaban J connectivity index is 1.28. The van der Waals surface area contributed by atoms with Crippen LogP contribution >= 0.6 is 15.9 Å². The maximum Gasteiger partial charge on any atom is 0.254 e. The van der Waals surface area contributed by atoms with Crippen molar-refractivity contribution >= 4 is 21.8 Å². The van der Waals surface area contributed by atoms with Crippen LogP contribution in [0.2, 0.25) is 0 Å². The van der Waals surface area contributed by atoms with Crippen LogP contribution in [-0.2, 0) is 11.8 Å². The lowest BCUT2D eigenvalue weighted by Gasteiger charge is -2.67. The van der Waals surface area contributed by atoms with Gasteiger partial charge in [-0.05, 0) is 60.9 Å². The van der Waals surface area contributed by atoms with Crippen molar-refractivity contribution in [2.75, 3.05) is 0 Å². The Hall–Kier alpha value is -1.34. The molecule has 0 aromatic carbocycles. The highest BCUT2D eigenvalue weighted by atomic mass is 79.9. The number of carbonyl (C=O) groups excluding carboxylic acids is 1. The Morgan fingerprint density at radius 2 is 1.96 bits per heavy atom. The molecule has 136 valence electrons. The Bertz CT molecular complexity index is 748. The van der Waals surface area contributed by atoms with Crippen LogP contribution in [0.5, 0.6) is 5.75 Å². The fourth-order valence-electron chi connectivity index (χ4n) is 4.62. The molecule has 4 fully saturated rings. The zero-order valence-corrected chi connectivity index (χ0v) is 16.0. The number of nitrogens with zero attached hydrogens (tertiary/aromatic N) is 1. The van der Waals surface area contributed by atoms with Gasteiger partial charge < -0.3 is 20.4 Å². The topological polar surface area (TPSA) is 86.3 Å². The molecule has 5 rings (SSSR count). The van der Waals surface area contributed by atoms with Crippen molar-refractivity contribution in [1.82, 2.24) is 9.88 Å². The smallest absolute Gasteiger partial charge is 0.254 e. The fourth-order valence-corrected chi connectivity index (χ4v) is 5.14. The average molecular weight is 410 g/mol. The van der Waals surface area contributed by atoms with Crippen LogP contribution in [0.15, 0.2) is 21.5 Å². The van der Waals surface area contributed by atoms with Crippen molar-refractivity contribution in [3.8, 4) is 5.75 Å². The van der Waals surface area contributed by atoms with Crippen LogP contribution < -0.4 is 21.3 Å². The van der Waals surface area contributed by atoms with E-state index in [2.05, 4.69) is 21.2 Å². The number of ether oxygens (including phenoxy) is 1. The predicted octanol–water partition coefficient (Wildman–Crippen LogP) is 1.84. The van der Waals surface area contributed by atoms with E-state index in [0.29, 0.717) is 5.75 Å². The van der Waals surface area contributed by atoms with Crippen LogP contribution in [0.3, 0.4) is 0 Å². The summed E-state index contributed by atoms with van der Waals surface area (Å²) in [6, 6.07) is 1.74. The van der Waals surface area contributed by atoms with E-state index >= 15 is 0 Å². The van der Waals surface area contributed by atoms with Gasteiger partial charge in [-0.3, -0.25) is 9.59 Å². The first-order chi connectivity index (χ1) is 11.8. The minimum absolute atomic E-state index is 0.0387. The van der Waals surface area contributed by atoms with E-state index in [-0.39, 0.29) is 34.6 Å². The molecule has 1 amide bonds. The molecule has 2 bridgehead atoms. The van der Waals surface area contributed by atoms with Crippen molar-refractivity contribution < 1.29 is 9.53 Å². The number of halogens is 1. The van der Waals surface area contributed by atoms with Crippen LogP contribution in [-0.4, -0.2) is 28.2 Å². The van der Waals surface area contributed by atoms with Crippen molar-refractivity contribution in [3.63, 3.8) is 0 Å². The van der Waals surface area contributed by atoms with Crippen LogP contribution in [0.25, 0.3) is 0 Å². The Labute approximate surface area is 155 Å². The molecule has 0 radical (unpaired) electrons. The van der Waals surface area contributed by atoms with Gasteiger partial charge in [0, 0.05) is 30.9 Å². The molecule has 1 heterocycles. The second-order valence-electron chi connectivity index (χ2n) is 8.17. The summed E-state index contributed by atoms with van der Waals surface area (Å²) in [6.07, 6.45) is 7.91. The lowest BCUT2D eigenvalue weighted by molar-refractivity contribution is -0.173. The maximum absolute atomic E-state index is 12.4. The third-order valence-electron chi connectivity index (χ3n) is 6.00. The summed E-state index contributed by atoms with van der Waals surface area (Å²) in [5.74, 6) is 0.788. The molecule has 0 atom stereocenters. The highest BCUT2D eigenvalue weighted by molar-refractivity contribution is 9.10. The second-order valence-corrected chi connectivity index (χ2v) is 9.03. The van der Waals surface area contributed by atoms with Crippen molar-refractivity contribution in [2.24, 2.45) is 18.2 Å². The summed E-state index contributed by atoms with van der Waals surface area (Å²) < 4.78 is 8.30. The van der Waals surface area contributed by atoms with Gasteiger partial charge in [0.25, 0.3) is 5.56 Å². The number of aryl methyl sites for hydroxylation is 1. The third kappa shape index (κ3) is 3.01. The minimum atomic E-state index is -0.156. The number of amides is 1. The molecule has 0 aliphatic heterocycles. The van der Waals surface area contributed by atoms with E-state index in [0.717, 1.165) is 49.4 Å². The number of nitrogens with one attached hydrogen (secondary N) is 1. The molecular formula is C18H24BrN3O3. The first-order valence-electron chi connectivity index (χ1n) is 8.91.